The summed E-state index contributed by atoms with van der Waals surface area (Å²) in [6.07, 6.45) is 4.35. The fourth-order valence-electron chi connectivity index (χ4n) is 4.44. The van der Waals surface area contributed by atoms with Crippen molar-refractivity contribution >= 4 is 23.4 Å². The number of imide groups is 1. The number of rotatable bonds is 8. The van der Waals surface area contributed by atoms with Gasteiger partial charge in [0.05, 0.1) is 7.11 Å². The fraction of sp³-hybridized carbons (Fsp3) is 0.417. The number of nitrogens with one attached hydrogen (secondary N) is 1. The van der Waals surface area contributed by atoms with E-state index in [0.29, 0.717) is 25.4 Å². The number of halogens is 1. The van der Waals surface area contributed by atoms with Crippen molar-refractivity contribution in [1.29, 1.82) is 0 Å². The van der Waals surface area contributed by atoms with Crippen molar-refractivity contribution in [3.05, 3.63) is 63.7 Å². The summed E-state index contributed by atoms with van der Waals surface area (Å²) < 4.78 is 5.60. The molecule has 1 aliphatic carbocycles. The highest BCUT2D eigenvalue weighted by atomic mass is 35.5. The molecule has 2 aliphatic rings. The maximum atomic E-state index is 11.7. The number of hydrogen-bond acceptors (Lipinski definition) is 4. The van der Waals surface area contributed by atoms with Crippen LogP contribution in [0.25, 0.3) is 0 Å². The SMILES string of the molecule is COc1cc(CNC2CCc3cc(Cl)ccc32)ccc1CCCN1C(=O)CCC1=O. The number of amides is 2. The van der Waals surface area contributed by atoms with E-state index in [0.717, 1.165) is 48.6 Å². The van der Waals surface area contributed by atoms with Crippen LogP contribution < -0.4 is 10.1 Å². The van der Waals surface area contributed by atoms with Crippen molar-refractivity contribution in [2.24, 2.45) is 0 Å². The van der Waals surface area contributed by atoms with E-state index < -0.39 is 0 Å². The van der Waals surface area contributed by atoms with Gasteiger partial charge in [-0.15, -0.1) is 0 Å². The van der Waals surface area contributed by atoms with Crippen LogP contribution in [-0.2, 0) is 29.0 Å². The molecule has 5 nitrogen and oxygen atoms in total. The van der Waals surface area contributed by atoms with Gasteiger partial charge in [-0.05, 0) is 66.1 Å². The molecule has 158 valence electrons. The van der Waals surface area contributed by atoms with Gasteiger partial charge < -0.3 is 10.1 Å². The molecule has 1 aliphatic heterocycles. The molecule has 1 atom stereocenters. The van der Waals surface area contributed by atoms with Crippen LogP contribution in [0.15, 0.2) is 36.4 Å². The molecule has 4 rings (SSSR count). The highest BCUT2D eigenvalue weighted by molar-refractivity contribution is 6.30. The first kappa shape index (κ1) is 20.9. The van der Waals surface area contributed by atoms with E-state index in [1.807, 2.05) is 6.07 Å². The van der Waals surface area contributed by atoms with Crippen LogP contribution in [0.3, 0.4) is 0 Å². The highest BCUT2D eigenvalue weighted by Crippen LogP contribution is 2.33. The number of ether oxygens (including phenoxy) is 1. The summed E-state index contributed by atoms with van der Waals surface area (Å²) >= 11 is 6.11. The minimum Gasteiger partial charge on any atom is -0.496 e. The van der Waals surface area contributed by atoms with Crippen molar-refractivity contribution in [2.75, 3.05) is 13.7 Å². The second kappa shape index (κ2) is 9.19. The van der Waals surface area contributed by atoms with Gasteiger partial charge in [0.2, 0.25) is 11.8 Å². The average molecular weight is 427 g/mol. The number of benzene rings is 2. The van der Waals surface area contributed by atoms with Crippen molar-refractivity contribution < 1.29 is 14.3 Å². The van der Waals surface area contributed by atoms with Gasteiger partial charge >= 0.3 is 0 Å². The summed E-state index contributed by atoms with van der Waals surface area (Å²) in [5, 5.41) is 4.45. The summed E-state index contributed by atoms with van der Waals surface area (Å²) in [6.45, 7) is 1.25. The maximum absolute atomic E-state index is 11.7. The zero-order chi connectivity index (χ0) is 21.1. The minimum absolute atomic E-state index is 0.0517. The van der Waals surface area contributed by atoms with Crippen LogP contribution in [0.1, 0.15) is 54.0 Å². The standard InChI is InChI=1S/C24H27ClN2O3/c1-30-22-13-16(15-26-21-9-6-18-14-19(25)7-8-20(18)21)4-5-17(22)3-2-12-27-23(28)10-11-24(27)29/h4-5,7-8,13-14,21,26H,2-3,6,9-12,15H2,1H3. The Labute approximate surface area is 182 Å². The zero-order valence-electron chi connectivity index (χ0n) is 17.2. The van der Waals surface area contributed by atoms with Crippen LogP contribution in [0.2, 0.25) is 5.02 Å². The number of nitrogens with zero attached hydrogens (tertiary/aromatic N) is 1. The van der Waals surface area contributed by atoms with Gasteiger partial charge in [-0.2, -0.15) is 0 Å². The maximum Gasteiger partial charge on any atom is 0.229 e. The quantitative estimate of drug-likeness (QED) is 0.642. The third-order valence-electron chi connectivity index (χ3n) is 6.07. The lowest BCUT2D eigenvalue weighted by Gasteiger charge is -2.17. The molecule has 2 aromatic carbocycles. The normalized spacial score (nSPS) is 18.2. The fourth-order valence-corrected chi connectivity index (χ4v) is 4.64. The topological polar surface area (TPSA) is 58.6 Å². The molecule has 0 saturated carbocycles. The van der Waals surface area contributed by atoms with E-state index in [2.05, 4.69) is 35.6 Å². The molecule has 6 heteroatoms. The Morgan fingerprint density at radius 3 is 2.67 bits per heavy atom. The zero-order valence-corrected chi connectivity index (χ0v) is 18.0. The van der Waals surface area contributed by atoms with Crippen molar-refractivity contribution in [1.82, 2.24) is 10.2 Å². The number of likely N-dealkylation sites (tertiary alicyclic amines) is 1. The Morgan fingerprint density at radius 1 is 1.10 bits per heavy atom. The van der Waals surface area contributed by atoms with Crippen molar-refractivity contribution in [3.8, 4) is 5.75 Å². The van der Waals surface area contributed by atoms with Gasteiger partial charge in [-0.25, -0.2) is 0 Å². The second-order valence-electron chi connectivity index (χ2n) is 8.00. The van der Waals surface area contributed by atoms with E-state index in [1.54, 1.807) is 7.11 Å². The van der Waals surface area contributed by atoms with Crippen LogP contribution >= 0.6 is 11.6 Å². The first-order valence-electron chi connectivity index (χ1n) is 10.6. The summed E-state index contributed by atoms with van der Waals surface area (Å²) in [5.41, 5.74) is 4.95. The first-order chi connectivity index (χ1) is 14.5. The Hall–Kier alpha value is -2.37. The predicted molar refractivity (Wildman–Crippen MR) is 117 cm³/mol. The molecule has 1 fully saturated rings. The summed E-state index contributed by atoms with van der Waals surface area (Å²) in [4.78, 5) is 24.9. The molecule has 1 N–H and O–H groups in total. The molecule has 30 heavy (non-hydrogen) atoms. The Bertz CT molecular complexity index is 943. The lowest BCUT2D eigenvalue weighted by molar-refractivity contribution is -0.138. The first-order valence-corrected chi connectivity index (χ1v) is 10.9. The van der Waals surface area contributed by atoms with Crippen molar-refractivity contribution in [3.63, 3.8) is 0 Å². The van der Waals surface area contributed by atoms with E-state index >= 15 is 0 Å². The minimum atomic E-state index is -0.0517. The van der Waals surface area contributed by atoms with Gasteiger partial charge in [-0.3, -0.25) is 14.5 Å². The van der Waals surface area contributed by atoms with Crippen LogP contribution in [-0.4, -0.2) is 30.4 Å². The van der Waals surface area contributed by atoms with E-state index in [1.165, 1.54) is 21.6 Å². The Kier molecular flexibility index (Phi) is 6.40. The molecule has 0 radical (unpaired) electrons. The largest absolute Gasteiger partial charge is 0.496 e. The molecule has 1 saturated heterocycles. The molecule has 2 aromatic rings. The van der Waals surface area contributed by atoms with Gasteiger partial charge in [0.1, 0.15) is 5.75 Å². The summed E-state index contributed by atoms with van der Waals surface area (Å²) in [7, 11) is 1.68. The van der Waals surface area contributed by atoms with E-state index in [4.69, 9.17) is 16.3 Å². The summed E-state index contributed by atoms with van der Waals surface area (Å²) in [6, 6.07) is 12.8. The molecular weight excluding hydrogens is 400 g/mol. The second-order valence-corrected chi connectivity index (χ2v) is 8.44. The highest BCUT2D eigenvalue weighted by Gasteiger charge is 2.28. The Balaban J connectivity index is 1.33. The lowest BCUT2D eigenvalue weighted by atomic mass is 10.0. The Morgan fingerprint density at radius 2 is 1.90 bits per heavy atom. The predicted octanol–water partition coefficient (Wildman–Crippen LogP) is 4.21. The molecule has 0 bridgehead atoms. The van der Waals surface area contributed by atoms with E-state index in [-0.39, 0.29) is 11.8 Å². The van der Waals surface area contributed by atoms with Gasteiger partial charge in [0.15, 0.2) is 0 Å². The third-order valence-corrected chi connectivity index (χ3v) is 6.30. The molecule has 1 heterocycles. The molecule has 2 amide bonds. The number of fused-ring (bicyclic) bond motifs is 1. The molecule has 0 spiro atoms. The number of aryl methyl sites for hydroxylation is 2. The number of carbonyl (C=O) groups excluding carboxylic acids is 2. The molecule has 0 aromatic heterocycles. The van der Waals surface area contributed by atoms with Crippen molar-refractivity contribution in [2.45, 2.75) is 51.1 Å². The summed E-state index contributed by atoms with van der Waals surface area (Å²) in [5.74, 6) is 0.750. The van der Waals surface area contributed by atoms with E-state index in [9.17, 15) is 9.59 Å². The molecular formula is C24H27ClN2O3. The number of methoxy groups -OCH3 is 1. The smallest absolute Gasteiger partial charge is 0.229 e. The van der Waals surface area contributed by atoms with Crippen LogP contribution in [0.4, 0.5) is 0 Å². The third kappa shape index (κ3) is 4.52. The number of carbonyl (C=O) groups is 2. The molecule has 1 unspecified atom stereocenters. The van der Waals surface area contributed by atoms with Gasteiger partial charge in [0.25, 0.3) is 0 Å². The lowest BCUT2D eigenvalue weighted by Crippen LogP contribution is -2.30. The van der Waals surface area contributed by atoms with Crippen LogP contribution in [0.5, 0.6) is 5.75 Å². The van der Waals surface area contributed by atoms with Gasteiger partial charge in [0, 0.05) is 37.0 Å². The van der Waals surface area contributed by atoms with Crippen LogP contribution in [0, 0.1) is 0 Å². The monoisotopic (exact) mass is 426 g/mol. The number of hydrogen-bond donors (Lipinski definition) is 1. The average Bonchev–Trinajstić information content (AvgIpc) is 3.29. The van der Waals surface area contributed by atoms with Gasteiger partial charge in [-0.1, -0.05) is 29.8 Å².